The Kier molecular flexibility index (Phi) is 3.80. The first-order chi connectivity index (χ1) is 10.6. The lowest BCUT2D eigenvalue weighted by Crippen LogP contribution is -2.70. The van der Waals surface area contributed by atoms with Gasteiger partial charge in [-0.3, -0.25) is 0 Å². The summed E-state index contributed by atoms with van der Waals surface area (Å²) in [7, 11) is 6.15. The summed E-state index contributed by atoms with van der Waals surface area (Å²) >= 11 is 0. The SMILES string of the molecule is Cc1cnc(N2C[C@]3(C)CN(C)C[C@](C)(C2)C3O)nc1N(C)C. The Morgan fingerprint density at radius 3 is 2.26 bits per heavy atom. The summed E-state index contributed by atoms with van der Waals surface area (Å²) in [4.78, 5) is 16.0. The zero-order chi connectivity index (χ0) is 17.0. The number of rotatable bonds is 2. The van der Waals surface area contributed by atoms with E-state index in [1.165, 1.54) is 0 Å². The third-order valence-corrected chi connectivity index (χ3v) is 5.33. The molecule has 128 valence electrons. The molecule has 23 heavy (non-hydrogen) atoms. The minimum Gasteiger partial charge on any atom is -0.392 e. The van der Waals surface area contributed by atoms with Crippen molar-refractivity contribution in [3.63, 3.8) is 0 Å². The fraction of sp³-hybridized carbons (Fsp3) is 0.765. The van der Waals surface area contributed by atoms with Gasteiger partial charge in [0.15, 0.2) is 0 Å². The van der Waals surface area contributed by atoms with Gasteiger partial charge in [0.05, 0.1) is 6.10 Å². The maximum absolute atomic E-state index is 10.9. The fourth-order valence-electron chi connectivity index (χ4n) is 4.67. The van der Waals surface area contributed by atoms with E-state index in [0.717, 1.165) is 43.5 Å². The van der Waals surface area contributed by atoms with Crippen molar-refractivity contribution in [3.05, 3.63) is 11.8 Å². The number of fused-ring (bicyclic) bond motifs is 2. The van der Waals surface area contributed by atoms with Gasteiger partial charge in [0.1, 0.15) is 5.82 Å². The molecule has 1 unspecified atom stereocenters. The van der Waals surface area contributed by atoms with E-state index in [2.05, 4.69) is 35.7 Å². The Morgan fingerprint density at radius 1 is 1.17 bits per heavy atom. The van der Waals surface area contributed by atoms with Crippen LogP contribution in [0.1, 0.15) is 19.4 Å². The second-order valence-corrected chi connectivity index (χ2v) is 8.31. The lowest BCUT2D eigenvalue weighted by molar-refractivity contribution is -0.127. The average molecular weight is 319 g/mol. The molecule has 2 aliphatic rings. The van der Waals surface area contributed by atoms with Crippen LogP contribution in [0, 0.1) is 17.8 Å². The van der Waals surface area contributed by atoms with Crippen molar-refractivity contribution in [2.45, 2.75) is 26.9 Å². The topological polar surface area (TPSA) is 55.7 Å². The van der Waals surface area contributed by atoms with Gasteiger partial charge < -0.3 is 19.8 Å². The number of hydrogen-bond acceptors (Lipinski definition) is 6. The zero-order valence-electron chi connectivity index (χ0n) is 15.2. The van der Waals surface area contributed by atoms with Crippen LogP contribution >= 0.6 is 0 Å². The second kappa shape index (κ2) is 5.31. The van der Waals surface area contributed by atoms with E-state index >= 15 is 0 Å². The number of aromatic nitrogens is 2. The Morgan fingerprint density at radius 2 is 1.74 bits per heavy atom. The van der Waals surface area contributed by atoms with Crippen LogP contribution < -0.4 is 9.80 Å². The van der Waals surface area contributed by atoms with Crippen molar-refractivity contribution in [2.75, 3.05) is 57.1 Å². The monoisotopic (exact) mass is 319 g/mol. The predicted octanol–water partition coefficient (Wildman–Crippen LogP) is 0.990. The van der Waals surface area contributed by atoms with Crippen molar-refractivity contribution in [1.29, 1.82) is 0 Å². The molecule has 0 aliphatic carbocycles. The Hall–Kier alpha value is -1.40. The van der Waals surface area contributed by atoms with E-state index in [-0.39, 0.29) is 16.9 Å². The molecule has 3 rings (SSSR count). The van der Waals surface area contributed by atoms with Crippen LogP contribution in [-0.4, -0.2) is 73.4 Å². The minimum atomic E-state index is -0.291. The number of aliphatic hydroxyl groups excluding tert-OH is 1. The van der Waals surface area contributed by atoms with Crippen molar-refractivity contribution in [2.24, 2.45) is 10.8 Å². The molecule has 3 heterocycles. The molecular formula is C17H29N5O. The second-order valence-electron chi connectivity index (χ2n) is 8.31. The summed E-state index contributed by atoms with van der Waals surface area (Å²) in [6.07, 6.45) is 1.61. The molecular weight excluding hydrogens is 290 g/mol. The van der Waals surface area contributed by atoms with E-state index in [9.17, 15) is 5.11 Å². The first-order valence-corrected chi connectivity index (χ1v) is 8.27. The van der Waals surface area contributed by atoms with Crippen LogP contribution in [-0.2, 0) is 0 Å². The smallest absolute Gasteiger partial charge is 0.227 e. The standard InChI is InChI=1S/C17H29N5O/c1-12-7-18-15(19-13(12)20(4)5)22-10-16(2)8-21(6)9-17(3,11-22)14(16)23/h7,14,23H,8-11H2,1-6H3/t14?,16-,17+. The number of hydrogen-bond donors (Lipinski definition) is 1. The molecule has 1 N–H and O–H groups in total. The summed E-state index contributed by atoms with van der Waals surface area (Å²) in [5, 5.41) is 10.9. The van der Waals surface area contributed by atoms with E-state index in [4.69, 9.17) is 4.98 Å². The maximum atomic E-state index is 10.9. The van der Waals surface area contributed by atoms with Crippen molar-refractivity contribution >= 4 is 11.8 Å². The highest BCUT2D eigenvalue weighted by Gasteiger charge is 2.55. The van der Waals surface area contributed by atoms with Gasteiger partial charge in [0, 0.05) is 62.9 Å². The molecule has 2 bridgehead atoms. The van der Waals surface area contributed by atoms with Gasteiger partial charge in [-0.15, -0.1) is 0 Å². The number of anilines is 2. The van der Waals surface area contributed by atoms with Crippen LogP contribution in [0.2, 0.25) is 0 Å². The molecule has 1 aromatic heterocycles. The highest BCUT2D eigenvalue weighted by atomic mass is 16.3. The minimum absolute atomic E-state index is 0.160. The molecule has 3 atom stereocenters. The largest absolute Gasteiger partial charge is 0.392 e. The molecule has 2 fully saturated rings. The Labute approximate surface area is 139 Å². The van der Waals surface area contributed by atoms with Crippen molar-refractivity contribution in [3.8, 4) is 0 Å². The molecule has 0 spiro atoms. The van der Waals surface area contributed by atoms with E-state index in [0.29, 0.717) is 0 Å². The van der Waals surface area contributed by atoms with E-state index < -0.39 is 0 Å². The van der Waals surface area contributed by atoms with Crippen LogP contribution in [0.5, 0.6) is 0 Å². The van der Waals surface area contributed by atoms with Gasteiger partial charge in [-0.25, -0.2) is 4.98 Å². The Bertz CT molecular complexity index is 585. The molecule has 2 aliphatic heterocycles. The molecule has 6 nitrogen and oxygen atoms in total. The van der Waals surface area contributed by atoms with Crippen molar-refractivity contribution in [1.82, 2.24) is 14.9 Å². The molecule has 0 aromatic carbocycles. The summed E-state index contributed by atoms with van der Waals surface area (Å²) in [5.41, 5.74) is 0.757. The average Bonchev–Trinajstić information content (AvgIpc) is 2.42. The number of aliphatic hydroxyl groups is 1. The van der Waals surface area contributed by atoms with Crippen LogP contribution in [0.15, 0.2) is 6.20 Å². The molecule has 0 amide bonds. The number of likely N-dealkylation sites (tertiary alicyclic amines) is 1. The maximum Gasteiger partial charge on any atom is 0.227 e. The number of nitrogens with zero attached hydrogens (tertiary/aromatic N) is 5. The van der Waals surface area contributed by atoms with Gasteiger partial charge in [-0.05, 0) is 14.0 Å². The Balaban J connectivity index is 1.96. The molecule has 0 saturated carbocycles. The molecule has 6 heteroatoms. The van der Waals surface area contributed by atoms with Crippen LogP contribution in [0.4, 0.5) is 11.8 Å². The summed E-state index contributed by atoms with van der Waals surface area (Å²) in [6, 6.07) is 0. The van der Waals surface area contributed by atoms with E-state index in [1.807, 2.05) is 32.1 Å². The lowest BCUT2D eigenvalue weighted by Gasteiger charge is -2.59. The van der Waals surface area contributed by atoms with Crippen LogP contribution in [0.25, 0.3) is 0 Å². The third-order valence-electron chi connectivity index (χ3n) is 5.33. The first-order valence-electron chi connectivity index (χ1n) is 8.27. The molecule has 1 aromatic rings. The number of piperidine rings is 2. The van der Waals surface area contributed by atoms with Crippen LogP contribution in [0.3, 0.4) is 0 Å². The summed E-state index contributed by atoms with van der Waals surface area (Å²) in [6.45, 7) is 9.75. The van der Waals surface area contributed by atoms with Gasteiger partial charge >= 0.3 is 0 Å². The predicted molar refractivity (Wildman–Crippen MR) is 93.0 cm³/mol. The molecule has 2 saturated heterocycles. The normalized spacial score (nSPS) is 34.6. The van der Waals surface area contributed by atoms with E-state index in [1.54, 1.807) is 0 Å². The lowest BCUT2D eigenvalue weighted by atomic mass is 9.63. The number of aryl methyl sites for hydroxylation is 1. The highest BCUT2D eigenvalue weighted by molar-refractivity contribution is 5.49. The summed E-state index contributed by atoms with van der Waals surface area (Å²) < 4.78 is 0. The first kappa shape index (κ1) is 16.5. The van der Waals surface area contributed by atoms with Crippen molar-refractivity contribution < 1.29 is 5.11 Å². The zero-order valence-corrected chi connectivity index (χ0v) is 15.2. The highest BCUT2D eigenvalue weighted by Crippen LogP contribution is 2.46. The van der Waals surface area contributed by atoms with Gasteiger partial charge in [-0.1, -0.05) is 13.8 Å². The fourth-order valence-corrected chi connectivity index (χ4v) is 4.67. The van der Waals surface area contributed by atoms with Gasteiger partial charge in [-0.2, -0.15) is 4.98 Å². The quantitative estimate of drug-likeness (QED) is 0.877. The summed E-state index contributed by atoms with van der Waals surface area (Å²) in [5.74, 6) is 1.73. The van der Waals surface area contributed by atoms with Gasteiger partial charge in [0.2, 0.25) is 5.95 Å². The third kappa shape index (κ3) is 2.68. The van der Waals surface area contributed by atoms with Gasteiger partial charge in [0.25, 0.3) is 0 Å². The molecule has 0 radical (unpaired) electrons.